The first-order valence-electron chi connectivity index (χ1n) is 5.42. The van der Waals surface area contributed by atoms with Gasteiger partial charge in [0.2, 0.25) is 0 Å². The van der Waals surface area contributed by atoms with Crippen molar-refractivity contribution < 1.29 is 8.42 Å². The second-order valence-electron chi connectivity index (χ2n) is 3.94. The summed E-state index contributed by atoms with van der Waals surface area (Å²) in [4.78, 5) is 0. The van der Waals surface area contributed by atoms with E-state index in [-0.39, 0.29) is 0 Å². The van der Waals surface area contributed by atoms with Crippen LogP contribution in [0.3, 0.4) is 0 Å². The van der Waals surface area contributed by atoms with Gasteiger partial charge in [0, 0.05) is 19.6 Å². The molecule has 90 valence electrons. The quantitative estimate of drug-likeness (QED) is 0.893. The highest BCUT2D eigenvalue weighted by Gasteiger charge is 2.27. The third-order valence-electron chi connectivity index (χ3n) is 2.77. The Bertz CT molecular complexity index is 447. The molecule has 1 aromatic rings. The van der Waals surface area contributed by atoms with Crippen LogP contribution in [0.5, 0.6) is 0 Å². The first-order valence-corrected chi connectivity index (χ1v) is 7.74. The van der Waals surface area contributed by atoms with Gasteiger partial charge in [0.15, 0.2) is 0 Å². The van der Waals surface area contributed by atoms with E-state index < -0.39 is 10.0 Å². The number of piperidine rings is 1. The van der Waals surface area contributed by atoms with E-state index in [0.717, 1.165) is 24.8 Å². The zero-order valence-corrected chi connectivity index (χ0v) is 10.7. The summed E-state index contributed by atoms with van der Waals surface area (Å²) >= 11 is 1.27. The standard InChI is InChI=1S/C10H16N2O2S2/c11-7-9-6-10(15-8-9)16(13,14)12-4-2-1-3-5-12/h6,8H,1-5,7,11H2. The second kappa shape index (κ2) is 4.83. The molecule has 0 aliphatic carbocycles. The molecule has 2 N–H and O–H groups in total. The van der Waals surface area contributed by atoms with Crippen LogP contribution in [0.1, 0.15) is 24.8 Å². The maximum Gasteiger partial charge on any atom is 0.252 e. The van der Waals surface area contributed by atoms with E-state index in [4.69, 9.17) is 5.73 Å². The Morgan fingerprint density at radius 3 is 2.56 bits per heavy atom. The Hall–Kier alpha value is -0.430. The zero-order valence-electron chi connectivity index (χ0n) is 9.05. The van der Waals surface area contributed by atoms with Crippen molar-refractivity contribution in [2.24, 2.45) is 5.73 Å². The van der Waals surface area contributed by atoms with E-state index in [1.165, 1.54) is 11.3 Å². The van der Waals surface area contributed by atoms with Crippen LogP contribution in [-0.2, 0) is 16.6 Å². The first-order chi connectivity index (χ1) is 7.64. The van der Waals surface area contributed by atoms with Crippen LogP contribution in [-0.4, -0.2) is 25.8 Å². The highest BCUT2D eigenvalue weighted by atomic mass is 32.2. The minimum absolute atomic E-state index is 0.395. The lowest BCUT2D eigenvalue weighted by Gasteiger charge is -2.25. The summed E-state index contributed by atoms with van der Waals surface area (Å²) in [6.45, 7) is 1.70. The number of thiophene rings is 1. The van der Waals surface area contributed by atoms with Gasteiger partial charge in [-0.1, -0.05) is 6.42 Å². The summed E-state index contributed by atoms with van der Waals surface area (Å²) < 4.78 is 26.4. The van der Waals surface area contributed by atoms with Gasteiger partial charge < -0.3 is 5.73 Å². The van der Waals surface area contributed by atoms with Crippen molar-refractivity contribution in [1.29, 1.82) is 0 Å². The maximum atomic E-state index is 12.2. The van der Waals surface area contributed by atoms with E-state index in [2.05, 4.69) is 0 Å². The normalized spacial score (nSPS) is 18.8. The van der Waals surface area contributed by atoms with Crippen molar-refractivity contribution in [1.82, 2.24) is 4.31 Å². The van der Waals surface area contributed by atoms with Gasteiger partial charge in [-0.25, -0.2) is 8.42 Å². The Morgan fingerprint density at radius 2 is 2.00 bits per heavy atom. The van der Waals surface area contributed by atoms with Crippen LogP contribution in [0.2, 0.25) is 0 Å². The number of nitrogens with two attached hydrogens (primary N) is 1. The highest BCUT2D eigenvalue weighted by Crippen LogP contribution is 2.25. The molecule has 2 rings (SSSR count). The third-order valence-corrected chi connectivity index (χ3v) is 6.14. The summed E-state index contributed by atoms with van der Waals surface area (Å²) in [6.07, 6.45) is 3.06. The average molecular weight is 260 g/mol. The van der Waals surface area contributed by atoms with Gasteiger partial charge in [-0.05, 0) is 29.9 Å². The molecule has 16 heavy (non-hydrogen) atoms. The SMILES string of the molecule is NCc1csc(S(=O)(=O)N2CCCCC2)c1. The molecule has 0 atom stereocenters. The van der Waals surface area contributed by atoms with E-state index >= 15 is 0 Å². The predicted octanol–water partition coefficient (Wildman–Crippen LogP) is 1.38. The van der Waals surface area contributed by atoms with E-state index in [1.807, 2.05) is 5.38 Å². The molecule has 0 saturated carbocycles. The Labute approximate surface area is 100 Å². The average Bonchev–Trinajstić information content (AvgIpc) is 2.79. The van der Waals surface area contributed by atoms with Gasteiger partial charge in [-0.3, -0.25) is 0 Å². The molecule has 0 amide bonds. The van der Waals surface area contributed by atoms with Gasteiger partial charge in [-0.15, -0.1) is 11.3 Å². The van der Waals surface area contributed by atoms with Gasteiger partial charge >= 0.3 is 0 Å². The van der Waals surface area contributed by atoms with Crippen molar-refractivity contribution in [3.63, 3.8) is 0 Å². The largest absolute Gasteiger partial charge is 0.326 e. The maximum absolute atomic E-state index is 12.2. The molecular formula is C10H16N2O2S2. The molecule has 0 unspecified atom stereocenters. The van der Waals surface area contributed by atoms with Crippen molar-refractivity contribution in [2.75, 3.05) is 13.1 Å². The van der Waals surface area contributed by atoms with Crippen LogP contribution in [0.15, 0.2) is 15.7 Å². The number of rotatable bonds is 3. The Morgan fingerprint density at radius 1 is 1.31 bits per heavy atom. The molecule has 1 aliphatic rings. The smallest absolute Gasteiger partial charge is 0.252 e. The summed E-state index contributed by atoms with van der Waals surface area (Å²) in [5, 5.41) is 1.82. The summed E-state index contributed by atoms with van der Waals surface area (Å²) in [6, 6.07) is 1.69. The molecule has 4 nitrogen and oxygen atoms in total. The number of hydrogen-bond donors (Lipinski definition) is 1. The summed E-state index contributed by atoms with van der Waals surface area (Å²) in [5.41, 5.74) is 6.37. The highest BCUT2D eigenvalue weighted by molar-refractivity contribution is 7.91. The van der Waals surface area contributed by atoms with E-state index in [0.29, 0.717) is 23.8 Å². The van der Waals surface area contributed by atoms with Crippen LogP contribution in [0.4, 0.5) is 0 Å². The van der Waals surface area contributed by atoms with Crippen molar-refractivity contribution >= 4 is 21.4 Å². The van der Waals surface area contributed by atoms with Crippen LogP contribution >= 0.6 is 11.3 Å². The molecule has 2 heterocycles. The van der Waals surface area contributed by atoms with Gasteiger partial charge in [0.1, 0.15) is 4.21 Å². The van der Waals surface area contributed by atoms with Crippen LogP contribution in [0.25, 0.3) is 0 Å². The van der Waals surface area contributed by atoms with Crippen molar-refractivity contribution in [3.8, 4) is 0 Å². The lowest BCUT2D eigenvalue weighted by Crippen LogP contribution is -2.35. The number of sulfonamides is 1. The minimum atomic E-state index is -3.26. The number of nitrogens with zero attached hydrogens (tertiary/aromatic N) is 1. The minimum Gasteiger partial charge on any atom is -0.326 e. The van der Waals surface area contributed by atoms with Gasteiger partial charge in [0.05, 0.1) is 0 Å². The molecule has 6 heteroatoms. The molecule has 0 bridgehead atoms. The molecule has 1 saturated heterocycles. The lowest BCUT2D eigenvalue weighted by atomic mass is 10.2. The fourth-order valence-corrected chi connectivity index (χ4v) is 4.72. The first kappa shape index (κ1) is 12.0. The van der Waals surface area contributed by atoms with E-state index in [1.54, 1.807) is 10.4 Å². The zero-order chi connectivity index (χ0) is 11.6. The Kier molecular flexibility index (Phi) is 3.63. The molecule has 0 radical (unpaired) electrons. The molecule has 1 fully saturated rings. The second-order valence-corrected chi connectivity index (χ2v) is 7.02. The fourth-order valence-electron chi connectivity index (χ4n) is 1.83. The van der Waals surface area contributed by atoms with Crippen molar-refractivity contribution in [3.05, 3.63) is 17.0 Å². The number of hydrogen-bond acceptors (Lipinski definition) is 4. The van der Waals surface area contributed by atoms with Gasteiger partial charge in [-0.2, -0.15) is 4.31 Å². The van der Waals surface area contributed by atoms with Gasteiger partial charge in [0.25, 0.3) is 10.0 Å². The van der Waals surface area contributed by atoms with Crippen molar-refractivity contribution in [2.45, 2.75) is 30.0 Å². The Balaban J connectivity index is 2.23. The van der Waals surface area contributed by atoms with E-state index in [9.17, 15) is 8.42 Å². The molecular weight excluding hydrogens is 244 g/mol. The topological polar surface area (TPSA) is 63.4 Å². The summed E-state index contributed by atoms with van der Waals surface area (Å²) in [7, 11) is -3.26. The molecule has 0 spiro atoms. The van der Waals surface area contributed by atoms with Crippen LogP contribution < -0.4 is 5.73 Å². The van der Waals surface area contributed by atoms with Crippen LogP contribution in [0, 0.1) is 0 Å². The molecule has 1 aliphatic heterocycles. The summed E-state index contributed by atoms with van der Waals surface area (Å²) in [5.74, 6) is 0. The lowest BCUT2D eigenvalue weighted by molar-refractivity contribution is 0.347. The third kappa shape index (κ3) is 2.29. The monoisotopic (exact) mass is 260 g/mol. The molecule has 0 aromatic carbocycles. The fraction of sp³-hybridized carbons (Fsp3) is 0.600. The predicted molar refractivity (Wildman–Crippen MR) is 64.8 cm³/mol. The molecule has 1 aromatic heterocycles.